The summed E-state index contributed by atoms with van der Waals surface area (Å²) in [6, 6.07) is 5.16. The zero-order chi connectivity index (χ0) is 14.6. The fourth-order valence-electron chi connectivity index (χ4n) is 2.37. The number of benzene rings is 1. The molecule has 1 saturated heterocycles. The summed E-state index contributed by atoms with van der Waals surface area (Å²) in [6.45, 7) is 4.44. The highest BCUT2D eigenvalue weighted by Crippen LogP contribution is 2.22. The Kier molecular flexibility index (Phi) is 4.99. The van der Waals surface area contributed by atoms with Crippen LogP contribution in [0.2, 0.25) is 0 Å². The van der Waals surface area contributed by atoms with Gasteiger partial charge < -0.3 is 10.2 Å². The number of anilines is 1. The smallest absolute Gasteiger partial charge is 0.152 e. The minimum atomic E-state index is -2.97. The number of rotatable bonds is 4. The van der Waals surface area contributed by atoms with Gasteiger partial charge in [0.05, 0.1) is 17.2 Å². The van der Waals surface area contributed by atoms with Crippen LogP contribution < -0.4 is 10.2 Å². The summed E-state index contributed by atoms with van der Waals surface area (Å²) in [4.78, 5) is 1.83. The molecular formula is C14H21FN2O2S. The van der Waals surface area contributed by atoms with Gasteiger partial charge in [-0.05, 0) is 30.7 Å². The number of hydrogen-bond acceptors (Lipinski definition) is 4. The van der Waals surface area contributed by atoms with Crippen LogP contribution in [-0.4, -0.2) is 39.6 Å². The molecule has 1 aromatic carbocycles. The SMILES string of the molecule is CCNCc1ccc(N2CCCS(=O)(=O)CC2)c(F)c1. The van der Waals surface area contributed by atoms with Gasteiger partial charge >= 0.3 is 0 Å². The maximum Gasteiger partial charge on any atom is 0.152 e. The van der Waals surface area contributed by atoms with Crippen molar-refractivity contribution >= 4 is 15.5 Å². The molecule has 0 spiro atoms. The van der Waals surface area contributed by atoms with Crippen molar-refractivity contribution in [1.29, 1.82) is 0 Å². The van der Waals surface area contributed by atoms with E-state index in [1.54, 1.807) is 6.07 Å². The largest absolute Gasteiger partial charge is 0.368 e. The second-order valence-corrected chi connectivity index (χ2v) is 7.36. The van der Waals surface area contributed by atoms with Gasteiger partial charge in [-0.3, -0.25) is 0 Å². The Morgan fingerprint density at radius 2 is 2.10 bits per heavy atom. The van der Waals surface area contributed by atoms with Crippen molar-refractivity contribution in [2.24, 2.45) is 0 Å². The monoisotopic (exact) mass is 300 g/mol. The first kappa shape index (κ1) is 15.3. The lowest BCUT2D eigenvalue weighted by Crippen LogP contribution is -2.27. The third kappa shape index (κ3) is 3.93. The molecule has 20 heavy (non-hydrogen) atoms. The van der Waals surface area contributed by atoms with Crippen molar-refractivity contribution < 1.29 is 12.8 Å². The van der Waals surface area contributed by atoms with Crippen molar-refractivity contribution in [2.45, 2.75) is 19.9 Å². The van der Waals surface area contributed by atoms with Gasteiger partial charge in [-0.25, -0.2) is 12.8 Å². The molecule has 1 N–H and O–H groups in total. The van der Waals surface area contributed by atoms with Crippen LogP contribution in [0.3, 0.4) is 0 Å². The Morgan fingerprint density at radius 3 is 2.80 bits per heavy atom. The molecule has 6 heteroatoms. The third-order valence-corrected chi connectivity index (χ3v) is 5.20. The number of nitrogens with one attached hydrogen (secondary N) is 1. The van der Waals surface area contributed by atoms with Gasteiger partial charge in [-0.2, -0.15) is 0 Å². The first-order chi connectivity index (χ1) is 9.52. The molecule has 112 valence electrons. The fourth-order valence-corrected chi connectivity index (χ4v) is 3.64. The van der Waals surface area contributed by atoms with Crippen LogP contribution in [0.15, 0.2) is 18.2 Å². The zero-order valence-electron chi connectivity index (χ0n) is 11.7. The van der Waals surface area contributed by atoms with Crippen LogP contribution in [0.5, 0.6) is 0 Å². The lowest BCUT2D eigenvalue weighted by Gasteiger charge is -2.23. The second kappa shape index (κ2) is 6.54. The van der Waals surface area contributed by atoms with E-state index in [2.05, 4.69) is 5.32 Å². The van der Waals surface area contributed by atoms with Crippen molar-refractivity contribution in [1.82, 2.24) is 5.32 Å². The molecule has 0 aromatic heterocycles. The predicted molar refractivity (Wildman–Crippen MR) is 79.3 cm³/mol. The highest BCUT2D eigenvalue weighted by molar-refractivity contribution is 7.91. The van der Waals surface area contributed by atoms with E-state index in [4.69, 9.17) is 0 Å². The summed E-state index contributed by atoms with van der Waals surface area (Å²) in [5.41, 5.74) is 1.40. The van der Waals surface area contributed by atoms with Crippen LogP contribution in [0.25, 0.3) is 0 Å². The normalized spacial score (nSPS) is 18.8. The molecule has 2 rings (SSSR count). The van der Waals surface area contributed by atoms with E-state index < -0.39 is 9.84 Å². The maximum absolute atomic E-state index is 14.2. The van der Waals surface area contributed by atoms with E-state index >= 15 is 0 Å². The summed E-state index contributed by atoms with van der Waals surface area (Å²) in [7, 11) is -2.97. The van der Waals surface area contributed by atoms with Gasteiger partial charge in [-0.1, -0.05) is 13.0 Å². The van der Waals surface area contributed by atoms with Gasteiger partial charge in [-0.15, -0.1) is 0 Å². The molecule has 0 atom stereocenters. The summed E-state index contributed by atoms with van der Waals surface area (Å²) in [5.74, 6) is 0.0227. The van der Waals surface area contributed by atoms with Crippen molar-refractivity contribution in [3.05, 3.63) is 29.6 Å². The van der Waals surface area contributed by atoms with Crippen LogP contribution in [-0.2, 0) is 16.4 Å². The minimum absolute atomic E-state index is 0.103. The van der Waals surface area contributed by atoms with Gasteiger partial charge in [0.2, 0.25) is 0 Å². The molecular weight excluding hydrogens is 279 g/mol. The number of sulfone groups is 1. The van der Waals surface area contributed by atoms with E-state index in [-0.39, 0.29) is 17.3 Å². The molecule has 0 amide bonds. The molecule has 1 aliphatic rings. The maximum atomic E-state index is 14.2. The molecule has 0 unspecified atom stereocenters. The average molecular weight is 300 g/mol. The lowest BCUT2D eigenvalue weighted by molar-refractivity contribution is 0.596. The van der Waals surface area contributed by atoms with E-state index in [1.807, 2.05) is 17.9 Å². The van der Waals surface area contributed by atoms with E-state index in [1.165, 1.54) is 6.07 Å². The zero-order valence-corrected chi connectivity index (χ0v) is 12.5. The predicted octanol–water partition coefficient (Wildman–Crippen LogP) is 1.56. The highest BCUT2D eigenvalue weighted by Gasteiger charge is 2.21. The molecule has 1 fully saturated rings. The summed E-state index contributed by atoms with van der Waals surface area (Å²) in [5, 5.41) is 3.15. The van der Waals surface area contributed by atoms with Gasteiger partial charge in [0.1, 0.15) is 5.82 Å². The Morgan fingerprint density at radius 1 is 1.30 bits per heavy atom. The van der Waals surface area contributed by atoms with Crippen LogP contribution in [0.4, 0.5) is 10.1 Å². The molecule has 1 heterocycles. The summed E-state index contributed by atoms with van der Waals surface area (Å²) in [6.07, 6.45) is 0.556. The van der Waals surface area contributed by atoms with Crippen LogP contribution in [0.1, 0.15) is 18.9 Å². The molecule has 0 aliphatic carbocycles. The lowest BCUT2D eigenvalue weighted by atomic mass is 10.1. The first-order valence-electron chi connectivity index (χ1n) is 6.96. The standard InChI is InChI=1S/C14H21FN2O2S/c1-2-16-11-12-4-5-14(13(15)10-12)17-6-3-8-20(18,19)9-7-17/h4-5,10,16H,2-3,6-9,11H2,1H3. The van der Waals surface area contributed by atoms with E-state index in [0.29, 0.717) is 31.7 Å². The molecule has 0 saturated carbocycles. The molecule has 1 aromatic rings. The van der Waals surface area contributed by atoms with E-state index in [0.717, 1.165) is 12.1 Å². The molecule has 4 nitrogen and oxygen atoms in total. The molecule has 1 aliphatic heterocycles. The third-order valence-electron chi connectivity index (χ3n) is 3.49. The first-order valence-corrected chi connectivity index (χ1v) is 8.78. The summed E-state index contributed by atoms with van der Waals surface area (Å²) < 4.78 is 37.3. The minimum Gasteiger partial charge on any atom is -0.368 e. The van der Waals surface area contributed by atoms with Gasteiger partial charge in [0.15, 0.2) is 9.84 Å². The quantitative estimate of drug-likeness (QED) is 0.917. The van der Waals surface area contributed by atoms with Crippen molar-refractivity contribution in [2.75, 3.05) is 36.0 Å². The Labute approximate surface area is 119 Å². The Balaban J connectivity index is 2.12. The van der Waals surface area contributed by atoms with E-state index in [9.17, 15) is 12.8 Å². The Hall–Kier alpha value is -1.14. The van der Waals surface area contributed by atoms with Gasteiger partial charge in [0.25, 0.3) is 0 Å². The van der Waals surface area contributed by atoms with Crippen LogP contribution in [0, 0.1) is 5.82 Å². The topological polar surface area (TPSA) is 49.4 Å². The molecule has 0 radical (unpaired) electrons. The number of halogens is 1. The average Bonchev–Trinajstić information content (AvgIpc) is 2.58. The van der Waals surface area contributed by atoms with Crippen molar-refractivity contribution in [3.8, 4) is 0 Å². The Bertz CT molecular complexity index is 560. The summed E-state index contributed by atoms with van der Waals surface area (Å²) >= 11 is 0. The van der Waals surface area contributed by atoms with Crippen molar-refractivity contribution in [3.63, 3.8) is 0 Å². The number of hydrogen-bond donors (Lipinski definition) is 1. The second-order valence-electron chi connectivity index (χ2n) is 5.06. The van der Waals surface area contributed by atoms with Crippen LogP contribution >= 0.6 is 0 Å². The number of nitrogens with zero attached hydrogens (tertiary/aromatic N) is 1. The fraction of sp³-hybridized carbons (Fsp3) is 0.571. The highest BCUT2D eigenvalue weighted by atomic mass is 32.2. The van der Waals surface area contributed by atoms with Gasteiger partial charge in [0, 0.05) is 19.6 Å². The molecule has 0 bridgehead atoms.